The Morgan fingerprint density at radius 3 is 2.89 bits per heavy atom. The van der Waals surface area contributed by atoms with Crippen LogP contribution in [-0.2, 0) is 0 Å². The van der Waals surface area contributed by atoms with Crippen LogP contribution in [0.25, 0.3) is 0 Å². The summed E-state index contributed by atoms with van der Waals surface area (Å²) in [6.45, 7) is 1.88. The van der Waals surface area contributed by atoms with Crippen molar-refractivity contribution in [2.75, 3.05) is 32.1 Å². The van der Waals surface area contributed by atoms with Crippen LogP contribution in [0.1, 0.15) is 23.2 Å². The number of hydrogen-bond donors (Lipinski definition) is 1. The highest BCUT2D eigenvalue weighted by molar-refractivity contribution is 9.10. The molecule has 104 valence electrons. The summed E-state index contributed by atoms with van der Waals surface area (Å²) in [6.07, 6.45) is 2.24. The van der Waals surface area contributed by atoms with Crippen LogP contribution in [0.4, 0.5) is 5.69 Å². The Labute approximate surface area is 122 Å². The number of carboxylic acid groups (broad SMARTS) is 1. The Hall–Kier alpha value is -1.07. The highest BCUT2D eigenvalue weighted by Crippen LogP contribution is 2.31. The van der Waals surface area contributed by atoms with Crippen molar-refractivity contribution in [3.63, 3.8) is 0 Å². The van der Waals surface area contributed by atoms with Gasteiger partial charge in [-0.25, -0.2) is 4.79 Å². The first-order chi connectivity index (χ1) is 8.99. The minimum Gasteiger partial charge on any atom is -0.478 e. The molecule has 1 aliphatic rings. The van der Waals surface area contributed by atoms with E-state index in [4.69, 9.17) is 0 Å². The smallest absolute Gasteiger partial charge is 0.337 e. The average Bonchev–Trinajstić information content (AvgIpc) is 2.76. The lowest BCUT2D eigenvalue weighted by atomic mass is 10.1. The molecule has 1 N–H and O–H groups in total. The summed E-state index contributed by atoms with van der Waals surface area (Å²) in [7, 11) is 4.10. The number of carbonyl (C=O) groups is 1. The fourth-order valence-corrected chi connectivity index (χ4v) is 3.06. The van der Waals surface area contributed by atoms with Gasteiger partial charge in [0.2, 0.25) is 0 Å². The fraction of sp³-hybridized carbons (Fsp3) is 0.500. The third-order valence-corrected chi connectivity index (χ3v) is 3.94. The number of aromatic carboxylic acids is 1. The highest BCUT2D eigenvalue weighted by atomic mass is 79.9. The third-order valence-electron chi connectivity index (χ3n) is 3.45. The van der Waals surface area contributed by atoms with Gasteiger partial charge in [0.25, 0.3) is 0 Å². The Morgan fingerprint density at radius 1 is 1.53 bits per heavy atom. The Balaban J connectivity index is 2.32. The molecule has 0 spiro atoms. The van der Waals surface area contributed by atoms with Crippen molar-refractivity contribution in [2.24, 2.45) is 0 Å². The number of likely N-dealkylation sites (N-methyl/N-ethyl adjacent to an activating group) is 1. The quantitative estimate of drug-likeness (QED) is 0.923. The van der Waals surface area contributed by atoms with E-state index in [1.54, 1.807) is 6.07 Å². The minimum absolute atomic E-state index is 0.375. The maximum Gasteiger partial charge on any atom is 0.337 e. The largest absolute Gasteiger partial charge is 0.478 e. The van der Waals surface area contributed by atoms with Gasteiger partial charge in [-0.05, 0) is 45.1 Å². The van der Waals surface area contributed by atoms with E-state index in [1.165, 1.54) is 0 Å². The predicted molar refractivity (Wildman–Crippen MR) is 80.0 cm³/mol. The summed E-state index contributed by atoms with van der Waals surface area (Å²) in [6, 6.07) is 5.89. The van der Waals surface area contributed by atoms with E-state index in [9.17, 15) is 9.90 Å². The van der Waals surface area contributed by atoms with Gasteiger partial charge in [-0.1, -0.05) is 15.9 Å². The van der Waals surface area contributed by atoms with Gasteiger partial charge in [0.15, 0.2) is 0 Å². The first kappa shape index (κ1) is 14.3. The molecule has 19 heavy (non-hydrogen) atoms. The normalized spacial score (nSPS) is 19.2. The molecule has 4 nitrogen and oxygen atoms in total. The first-order valence-corrected chi connectivity index (χ1v) is 7.22. The summed E-state index contributed by atoms with van der Waals surface area (Å²) in [5, 5.41) is 9.36. The summed E-state index contributed by atoms with van der Waals surface area (Å²) in [5.74, 6) is -0.869. The van der Waals surface area contributed by atoms with Gasteiger partial charge in [-0.3, -0.25) is 0 Å². The van der Waals surface area contributed by atoms with Crippen LogP contribution in [0.5, 0.6) is 0 Å². The van der Waals surface area contributed by atoms with Gasteiger partial charge in [0.05, 0.1) is 11.3 Å². The van der Waals surface area contributed by atoms with Gasteiger partial charge in [0.1, 0.15) is 0 Å². The lowest BCUT2D eigenvalue weighted by Crippen LogP contribution is -2.38. The molecule has 1 heterocycles. The van der Waals surface area contributed by atoms with Crippen molar-refractivity contribution >= 4 is 27.6 Å². The molecular formula is C14H19BrN2O2. The van der Waals surface area contributed by atoms with Crippen LogP contribution >= 0.6 is 15.9 Å². The van der Waals surface area contributed by atoms with Gasteiger partial charge >= 0.3 is 5.97 Å². The standard InChI is InChI=1S/C14H19BrN2O2/c1-16(2)9-11-4-3-7-17(11)13-6-5-10(15)8-12(13)14(18)19/h5-6,8,11H,3-4,7,9H2,1-2H3,(H,18,19). The van der Waals surface area contributed by atoms with Crippen LogP contribution in [-0.4, -0.2) is 49.2 Å². The van der Waals surface area contributed by atoms with Crippen LogP contribution in [0.15, 0.2) is 22.7 Å². The number of halogens is 1. The van der Waals surface area contributed by atoms with Crippen LogP contribution in [0.3, 0.4) is 0 Å². The van der Waals surface area contributed by atoms with Crippen molar-refractivity contribution in [1.29, 1.82) is 0 Å². The summed E-state index contributed by atoms with van der Waals surface area (Å²) < 4.78 is 0.803. The lowest BCUT2D eigenvalue weighted by Gasteiger charge is -2.30. The molecule has 0 bridgehead atoms. The van der Waals surface area contributed by atoms with Crippen molar-refractivity contribution in [3.8, 4) is 0 Å². The van der Waals surface area contributed by atoms with Crippen LogP contribution in [0.2, 0.25) is 0 Å². The molecule has 0 aliphatic carbocycles. The van der Waals surface area contributed by atoms with Crippen molar-refractivity contribution in [2.45, 2.75) is 18.9 Å². The second-order valence-electron chi connectivity index (χ2n) is 5.22. The van der Waals surface area contributed by atoms with Gasteiger partial charge in [-0.2, -0.15) is 0 Å². The number of benzene rings is 1. The maximum absolute atomic E-state index is 11.4. The van der Waals surface area contributed by atoms with Gasteiger partial charge in [-0.15, -0.1) is 0 Å². The van der Waals surface area contributed by atoms with E-state index >= 15 is 0 Å². The Bertz CT molecular complexity index is 477. The predicted octanol–water partition coefficient (Wildman–Crippen LogP) is 2.68. The zero-order valence-electron chi connectivity index (χ0n) is 11.3. The maximum atomic E-state index is 11.4. The molecule has 0 amide bonds. The molecule has 1 aliphatic heterocycles. The molecule has 1 aromatic carbocycles. The molecule has 0 radical (unpaired) electrons. The zero-order chi connectivity index (χ0) is 14.0. The van der Waals surface area contributed by atoms with E-state index in [1.807, 2.05) is 12.1 Å². The molecule has 1 fully saturated rings. The van der Waals surface area contributed by atoms with E-state index in [-0.39, 0.29) is 0 Å². The van der Waals surface area contributed by atoms with E-state index < -0.39 is 5.97 Å². The molecule has 1 unspecified atom stereocenters. The first-order valence-electron chi connectivity index (χ1n) is 6.43. The zero-order valence-corrected chi connectivity index (χ0v) is 12.9. The number of nitrogens with zero attached hydrogens (tertiary/aromatic N) is 2. The molecule has 2 rings (SSSR count). The fourth-order valence-electron chi connectivity index (χ4n) is 2.69. The molecule has 5 heteroatoms. The number of carboxylic acids is 1. The minimum atomic E-state index is -0.869. The topological polar surface area (TPSA) is 43.8 Å². The summed E-state index contributed by atoms with van der Waals surface area (Å²) >= 11 is 3.34. The molecule has 1 aromatic rings. The summed E-state index contributed by atoms with van der Waals surface area (Å²) in [4.78, 5) is 15.8. The van der Waals surface area contributed by atoms with Crippen LogP contribution < -0.4 is 4.90 Å². The number of rotatable bonds is 4. The molecule has 0 saturated carbocycles. The molecular weight excluding hydrogens is 308 g/mol. The van der Waals surface area contributed by atoms with E-state index in [0.29, 0.717) is 11.6 Å². The second kappa shape index (κ2) is 5.92. The van der Waals surface area contributed by atoms with E-state index in [2.05, 4.69) is 39.8 Å². The van der Waals surface area contributed by atoms with Gasteiger partial charge < -0.3 is 14.9 Å². The van der Waals surface area contributed by atoms with E-state index in [0.717, 1.165) is 36.1 Å². The molecule has 0 aromatic heterocycles. The van der Waals surface area contributed by atoms with Gasteiger partial charge in [0, 0.05) is 23.6 Å². The number of hydrogen-bond acceptors (Lipinski definition) is 3. The second-order valence-corrected chi connectivity index (χ2v) is 6.13. The Kier molecular flexibility index (Phi) is 4.47. The molecule has 1 atom stereocenters. The summed E-state index contributed by atoms with van der Waals surface area (Å²) in [5.41, 5.74) is 1.21. The van der Waals surface area contributed by atoms with Crippen LogP contribution in [0, 0.1) is 0 Å². The Morgan fingerprint density at radius 2 is 2.26 bits per heavy atom. The SMILES string of the molecule is CN(C)CC1CCCN1c1ccc(Br)cc1C(=O)O. The van der Waals surface area contributed by atoms with Crippen molar-refractivity contribution in [1.82, 2.24) is 4.90 Å². The van der Waals surface area contributed by atoms with Crippen molar-refractivity contribution < 1.29 is 9.90 Å². The van der Waals surface area contributed by atoms with Crippen molar-refractivity contribution in [3.05, 3.63) is 28.2 Å². The third kappa shape index (κ3) is 3.28. The lowest BCUT2D eigenvalue weighted by molar-refractivity contribution is 0.0697. The molecule has 1 saturated heterocycles. The monoisotopic (exact) mass is 326 g/mol. The average molecular weight is 327 g/mol. The number of anilines is 1. The highest BCUT2D eigenvalue weighted by Gasteiger charge is 2.28.